The fourth-order valence-corrected chi connectivity index (χ4v) is 6.37. The van der Waals surface area contributed by atoms with Crippen LogP contribution in [0.3, 0.4) is 0 Å². The van der Waals surface area contributed by atoms with Crippen molar-refractivity contribution in [3.63, 3.8) is 0 Å². The second-order valence-corrected chi connectivity index (χ2v) is 10.6. The van der Waals surface area contributed by atoms with Crippen LogP contribution in [0.5, 0.6) is 0 Å². The second kappa shape index (κ2) is 9.95. The van der Waals surface area contributed by atoms with Gasteiger partial charge < -0.3 is 24.8 Å². The van der Waals surface area contributed by atoms with Crippen LogP contribution >= 0.6 is 0 Å². The van der Waals surface area contributed by atoms with Crippen molar-refractivity contribution in [3.8, 4) is 0 Å². The lowest BCUT2D eigenvalue weighted by Gasteiger charge is -2.50. The summed E-state index contributed by atoms with van der Waals surface area (Å²) in [6.07, 6.45) is 5.51. The number of hydrogen-bond donors (Lipinski definition) is 3. The lowest BCUT2D eigenvalue weighted by atomic mass is 9.59. The van der Waals surface area contributed by atoms with Crippen LogP contribution in [0.15, 0.2) is 0 Å². The van der Waals surface area contributed by atoms with Gasteiger partial charge in [-0.3, -0.25) is 0 Å². The van der Waals surface area contributed by atoms with Crippen molar-refractivity contribution >= 4 is 0 Å². The average molecular weight is 413 g/mol. The molecule has 2 heterocycles. The average Bonchev–Trinajstić information content (AvgIpc) is 2.69. The maximum atomic E-state index is 11.4. The molecule has 170 valence electrons. The Labute approximate surface area is 177 Å². The van der Waals surface area contributed by atoms with E-state index in [1.165, 1.54) is 0 Å². The molecule has 1 aliphatic carbocycles. The highest BCUT2D eigenvalue weighted by atomic mass is 16.5. The van der Waals surface area contributed by atoms with Crippen LogP contribution in [0.1, 0.15) is 72.6 Å². The highest BCUT2D eigenvalue weighted by Crippen LogP contribution is 2.48. The van der Waals surface area contributed by atoms with Crippen molar-refractivity contribution < 1.29 is 24.8 Å². The van der Waals surface area contributed by atoms with Crippen molar-refractivity contribution in [3.05, 3.63) is 0 Å². The van der Waals surface area contributed by atoms with Crippen LogP contribution in [0, 0.1) is 35.0 Å². The van der Waals surface area contributed by atoms with Gasteiger partial charge in [0.15, 0.2) is 0 Å². The van der Waals surface area contributed by atoms with Crippen LogP contribution < -0.4 is 0 Å². The zero-order chi connectivity index (χ0) is 21.2. The normalized spacial score (nSPS) is 43.1. The Balaban J connectivity index is 1.66. The Morgan fingerprint density at radius 2 is 1.69 bits per heavy atom. The molecule has 5 heteroatoms. The van der Waals surface area contributed by atoms with Gasteiger partial charge in [-0.15, -0.1) is 0 Å². The van der Waals surface area contributed by atoms with Crippen molar-refractivity contribution in [2.75, 3.05) is 19.8 Å². The van der Waals surface area contributed by atoms with Crippen LogP contribution in [-0.4, -0.2) is 59.6 Å². The van der Waals surface area contributed by atoms with E-state index < -0.39 is 12.2 Å². The van der Waals surface area contributed by atoms with E-state index in [1.54, 1.807) is 0 Å². The quantitative estimate of drug-likeness (QED) is 0.623. The van der Waals surface area contributed by atoms with Gasteiger partial charge in [-0.1, -0.05) is 47.0 Å². The molecular formula is C24H44O5. The van der Waals surface area contributed by atoms with Gasteiger partial charge in [-0.25, -0.2) is 0 Å². The monoisotopic (exact) mass is 412 g/mol. The Bertz CT molecular complexity index is 509. The lowest BCUT2D eigenvalue weighted by molar-refractivity contribution is -0.164. The maximum Gasteiger partial charge on any atom is 0.0839 e. The molecule has 3 aliphatic rings. The predicted molar refractivity (Wildman–Crippen MR) is 113 cm³/mol. The molecule has 0 spiro atoms. The lowest BCUT2D eigenvalue weighted by Crippen LogP contribution is -2.53. The Morgan fingerprint density at radius 3 is 2.38 bits per heavy atom. The van der Waals surface area contributed by atoms with E-state index >= 15 is 0 Å². The first kappa shape index (κ1) is 23.5. The fourth-order valence-electron chi connectivity index (χ4n) is 6.37. The summed E-state index contributed by atoms with van der Waals surface area (Å²) in [5.41, 5.74) is -0.175. The summed E-state index contributed by atoms with van der Waals surface area (Å²) in [7, 11) is 0. The van der Waals surface area contributed by atoms with Gasteiger partial charge >= 0.3 is 0 Å². The summed E-state index contributed by atoms with van der Waals surface area (Å²) in [5.74, 6) is 0.777. The first-order chi connectivity index (χ1) is 13.8. The molecule has 2 aliphatic heterocycles. The minimum absolute atomic E-state index is 0.0158. The van der Waals surface area contributed by atoms with Crippen molar-refractivity contribution in [1.29, 1.82) is 0 Å². The van der Waals surface area contributed by atoms with Gasteiger partial charge in [-0.05, 0) is 48.9 Å². The predicted octanol–water partition coefficient (Wildman–Crippen LogP) is 3.39. The minimum Gasteiger partial charge on any atom is -0.393 e. The number of aliphatic hydroxyl groups is 3. The van der Waals surface area contributed by atoms with Crippen molar-refractivity contribution in [1.82, 2.24) is 0 Å². The molecule has 0 aromatic rings. The Morgan fingerprint density at radius 1 is 0.966 bits per heavy atom. The van der Waals surface area contributed by atoms with E-state index in [0.717, 1.165) is 44.9 Å². The summed E-state index contributed by atoms with van der Waals surface area (Å²) in [5, 5.41) is 32.7. The summed E-state index contributed by atoms with van der Waals surface area (Å²) in [6.45, 7) is 10.5. The van der Waals surface area contributed by atoms with E-state index in [1.807, 2.05) is 0 Å². The number of ether oxygens (including phenoxy) is 2. The number of hydrogen-bond acceptors (Lipinski definition) is 5. The summed E-state index contributed by atoms with van der Waals surface area (Å²) in [4.78, 5) is 0. The molecule has 29 heavy (non-hydrogen) atoms. The molecule has 1 saturated carbocycles. The Hall–Kier alpha value is -0.200. The molecule has 0 radical (unpaired) electrons. The fraction of sp³-hybridized carbons (Fsp3) is 1.00. The summed E-state index contributed by atoms with van der Waals surface area (Å²) in [6, 6.07) is 0. The summed E-state index contributed by atoms with van der Waals surface area (Å²) < 4.78 is 11.9. The number of aliphatic hydroxyl groups excluding tert-OH is 3. The third kappa shape index (κ3) is 5.01. The highest BCUT2D eigenvalue weighted by molar-refractivity contribution is 4.97. The zero-order valence-corrected chi connectivity index (χ0v) is 18.9. The van der Waals surface area contributed by atoms with Crippen LogP contribution in [0.4, 0.5) is 0 Å². The van der Waals surface area contributed by atoms with Crippen molar-refractivity contribution in [2.45, 2.75) is 97.1 Å². The molecule has 5 nitrogen and oxygen atoms in total. The molecule has 0 aromatic heterocycles. The van der Waals surface area contributed by atoms with Crippen molar-refractivity contribution in [2.24, 2.45) is 35.0 Å². The molecule has 0 bridgehead atoms. The molecule has 0 amide bonds. The molecular weight excluding hydrogens is 368 g/mol. The highest BCUT2D eigenvalue weighted by Gasteiger charge is 2.49. The van der Waals surface area contributed by atoms with Gasteiger partial charge in [0.1, 0.15) is 0 Å². The SMILES string of the molecule is CC[C@H]1CCOC(CC(C)[C@H]2COCC(C(C)(C)[C@H]3CCCC[C@@H]3O)[C@@H]2O)[C@@H]1O. The molecule has 9 atom stereocenters. The first-order valence-corrected chi connectivity index (χ1v) is 12.0. The van der Waals surface area contributed by atoms with E-state index in [9.17, 15) is 15.3 Å². The van der Waals surface area contributed by atoms with Gasteiger partial charge in [0.2, 0.25) is 0 Å². The van der Waals surface area contributed by atoms with Gasteiger partial charge in [0, 0.05) is 18.4 Å². The van der Waals surface area contributed by atoms with E-state index in [2.05, 4.69) is 27.7 Å². The third-order valence-corrected chi connectivity index (χ3v) is 8.64. The van der Waals surface area contributed by atoms with Crippen LogP contribution in [0.2, 0.25) is 0 Å². The maximum absolute atomic E-state index is 11.4. The zero-order valence-electron chi connectivity index (χ0n) is 18.9. The van der Waals surface area contributed by atoms with E-state index in [-0.39, 0.29) is 41.3 Å². The topological polar surface area (TPSA) is 79.2 Å². The summed E-state index contributed by atoms with van der Waals surface area (Å²) >= 11 is 0. The molecule has 3 rings (SSSR count). The molecule has 2 saturated heterocycles. The van der Waals surface area contributed by atoms with Crippen LogP contribution in [-0.2, 0) is 9.47 Å². The van der Waals surface area contributed by atoms with Gasteiger partial charge in [0.05, 0.1) is 37.6 Å². The number of rotatable bonds is 6. The second-order valence-electron chi connectivity index (χ2n) is 10.6. The molecule has 0 aromatic carbocycles. The Kier molecular flexibility index (Phi) is 8.05. The largest absolute Gasteiger partial charge is 0.393 e. The molecule has 3 unspecified atom stereocenters. The third-order valence-electron chi connectivity index (χ3n) is 8.64. The minimum atomic E-state index is -0.453. The van der Waals surface area contributed by atoms with Gasteiger partial charge in [-0.2, -0.15) is 0 Å². The van der Waals surface area contributed by atoms with Crippen LogP contribution in [0.25, 0.3) is 0 Å². The molecule has 3 N–H and O–H groups in total. The molecule has 3 fully saturated rings. The van der Waals surface area contributed by atoms with Gasteiger partial charge in [0.25, 0.3) is 0 Å². The standard InChI is InChI=1S/C24H44O5/c1-5-16-10-11-29-21(22(16)26)12-15(2)17-13-28-14-19(23(17)27)24(3,4)18-8-6-7-9-20(18)25/h15-23,25-27H,5-14H2,1-4H3/t15?,16-,17+,18-,19?,20-,21?,22+,23+/m0/s1. The first-order valence-electron chi connectivity index (χ1n) is 12.0. The van der Waals surface area contributed by atoms with E-state index in [4.69, 9.17) is 9.47 Å². The smallest absolute Gasteiger partial charge is 0.0839 e. The van der Waals surface area contributed by atoms with E-state index in [0.29, 0.717) is 25.7 Å².